The van der Waals surface area contributed by atoms with E-state index >= 15 is 0 Å². The largest absolute Gasteiger partial charge is 0.480 e. The van der Waals surface area contributed by atoms with E-state index in [1.807, 2.05) is 0 Å². The van der Waals surface area contributed by atoms with Crippen LogP contribution in [-0.4, -0.2) is 28.7 Å². The molecule has 0 heterocycles. The molecule has 0 aromatic carbocycles. The summed E-state index contributed by atoms with van der Waals surface area (Å²) in [6.07, 6.45) is -0.0692. The van der Waals surface area contributed by atoms with Gasteiger partial charge in [-0.15, -0.1) is 0 Å². The third-order valence-corrected chi connectivity index (χ3v) is 2.12. The topological polar surface area (TPSA) is 83.8 Å². The number of hydrogen-bond acceptors (Lipinski definition) is 3. The molecule has 0 aromatic rings. The maximum absolute atomic E-state index is 10.6. The zero-order valence-corrected chi connectivity index (χ0v) is 6.38. The highest BCUT2D eigenvalue weighted by Gasteiger charge is 2.16. The van der Waals surface area contributed by atoms with Gasteiger partial charge in [-0.25, -0.2) is 4.79 Å². The molecule has 0 aliphatic carbocycles. The number of aliphatic carboxylic acids is 1. The number of hydrogen-bond donors (Lipinski definition) is 2. The first-order chi connectivity index (χ1) is 4.48. The van der Waals surface area contributed by atoms with Gasteiger partial charge in [0.25, 0.3) is 0 Å². The number of carboxylic acid groups (broad SMARTS) is 1. The van der Waals surface area contributed by atoms with E-state index in [4.69, 9.17) is 10.00 Å². The van der Waals surface area contributed by atoms with Crippen LogP contribution < -0.4 is 0 Å². The SMILES string of the molecule is CCP(=O)(O)OCC(=O)O. The molecule has 0 saturated heterocycles. The molecular weight excluding hydrogens is 159 g/mol. The molecule has 0 radical (unpaired) electrons. The molecule has 0 spiro atoms. The van der Waals surface area contributed by atoms with Gasteiger partial charge < -0.3 is 10.00 Å². The van der Waals surface area contributed by atoms with E-state index in [2.05, 4.69) is 4.52 Å². The summed E-state index contributed by atoms with van der Waals surface area (Å²) in [5.41, 5.74) is 0. The van der Waals surface area contributed by atoms with Gasteiger partial charge in [-0.1, -0.05) is 6.92 Å². The fraction of sp³-hybridized carbons (Fsp3) is 0.750. The summed E-state index contributed by atoms with van der Waals surface area (Å²) in [7, 11) is -3.61. The van der Waals surface area contributed by atoms with Crippen molar-refractivity contribution in [2.75, 3.05) is 12.8 Å². The second kappa shape index (κ2) is 3.71. The third kappa shape index (κ3) is 4.49. The molecule has 0 fully saturated rings. The summed E-state index contributed by atoms with van der Waals surface area (Å²) >= 11 is 0. The lowest BCUT2D eigenvalue weighted by Gasteiger charge is -2.05. The van der Waals surface area contributed by atoms with Crippen molar-refractivity contribution in [3.05, 3.63) is 0 Å². The highest BCUT2D eigenvalue weighted by atomic mass is 31.2. The van der Waals surface area contributed by atoms with Crippen molar-refractivity contribution in [1.29, 1.82) is 0 Å². The molecule has 2 N–H and O–H groups in total. The molecule has 0 rings (SSSR count). The summed E-state index contributed by atoms with van der Waals surface area (Å²) in [6, 6.07) is 0. The molecule has 0 amide bonds. The summed E-state index contributed by atoms with van der Waals surface area (Å²) in [4.78, 5) is 18.4. The minimum atomic E-state index is -3.61. The Morgan fingerprint density at radius 1 is 1.70 bits per heavy atom. The molecule has 5 nitrogen and oxygen atoms in total. The van der Waals surface area contributed by atoms with Crippen LogP contribution in [0.2, 0.25) is 0 Å². The van der Waals surface area contributed by atoms with Crippen LogP contribution in [0.25, 0.3) is 0 Å². The van der Waals surface area contributed by atoms with Crippen LogP contribution in [0.1, 0.15) is 6.92 Å². The van der Waals surface area contributed by atoms with Gasteiger partial charge in [0.05, 0.1) is 0 Å². The second-order valence-electron chi connectivity index (χ2n) is 1.62. The Hall–Kier alpha value is -0.380. The van der Waals surface area contributed by atoms with Gasteiger partial charge in [0.15, 0.2) is 6.61 Å². The van der Waals surface area contributed by atoms with E-state index in [9.17, 15) is 9.36 Å². The summed E-state index contributed by atoms with van der Waals surface area (Å²) in [5, 5.41) is 8.02. The van der Waals surface area contributed by atoms with Gasteiger partial charge >= 0.3 is 13.6 Å². The van der Waals surface area contributed by atoms with Gasteiger partial charge in [-0.05, 0) is 0 Å². The van der Waals surface area contributed by atoms with Gasteiger partial charge in [-0.2, -0.15) is 0 Å². The van der Waals surface area contributed by atoms with E-state index in [0.29, 0.717) is 0 Å². The van der Waals surface area contributed by atoms with Crippen LogP contribution >= 0.6 is 7.60 Å². The van der Waals surface area contributed by atoms with Crippen molar-refractivity contribution < 1.29 is 23.9 Å². The lowest BCUT2D eigenvalue weighted by molar-refractivity contribution is -0.139. The maximum atomic E-state index is 10.6. The normalized spacial score (nSPS) is 16.2. The number of carbonyl (C=O) groups is 1. The molecule has 60 valence electrons. The van der Waals surface area contributed by atoms with Crippen LogP contribution in [0.5, 0.6) is 0 Å². The Morgan fingerprint density at radius 3 is 2.50 bits per heavy atom. The average Bonchev–Trinajstić information content (AvgIpc) is 1.85. The maximum Gasteiger partial charge on any atom is 0.330 e. The zero-order valence-electron chi connectivity index (χ0n) is 5.48. The predicted molar refractivity (Wildman–Crippen MR) is 34.0 cm³/mol. The molecule has 1 atom stereocenters. The van der Waals surface area contributed by atoms with E-state index in [1.165, 1.54) is 6.92 Å². The van der Waals surface area contributed by atoms with Crippen LogP contribution in [0.15, 0.2) is 0 Å². The Morgan fingerprint density at radius 2 is 2.20 bits per heavy atom. The second-order valence-corrected chi connectivity index (χ2v) is 3.79. The Bertz CT molecular complexity index is 165. The standard InChI is InChI=1S/C4H9O5P/c1-2-10(7,8)9-3-4(5)6/h2-3H2,1H3,(H,5,6)(H,7,8). The minimum Gasteiger partial charge on any atom is -0.480 e. The minimum absolute atomic E-state index is 0.0692. The summed E-state index contributed by atoms with van der Waals surface area (Å²) in [6.45, 7) is 0.726. The molecule has 0 aliphatic heterocycles. The highest BCUT2D eigenvalue weighted by molar-refractivity contribution is 7.52. The summed E-state index contributed by atoms with van der Waals surface area (Å²) in [5.74, 6) is -1.25. The number of carboxylic acids is 1. The van der Waals surface area contributed by atoms with Crippen LogP contribution in [0, 0.1) is 0 Å². The molecule has 0 bridgehead atoms. The van der Waals surface area contributed by atoms with Gasteiger partial charge in [0.2, 0.25) is 0 Å². The molecule has 0 aromatic heterocycles. The van der Waals surface area contributed by atoms with Crippen LogP contribution in [-0.2, 0) is 13.9 Å². The lowest BCUT2D eigenvalue weighted by atomic mass is 10.8. The first-order valence-electron chi connectivity index (χ1n) is 2.66. The molecule has 0 saturated carbocycles. The quantitative estimate of drug-likeness (QED) is 0.589. The van der Waals surface area contributed by atoms with Crippen LogP contribution in [0.4, 0.5) is 0 Å². The van der Waals surface area contributed by atoms with Crippen LogP contribution in [0.3, 0.4) is 0 Å². The third-order valence-electron chi connectivity index (χ3n) is 0.789. The summed E-state index contributed by atoms with van der Waals surface area (Å²) < 4.78 is 14.7. The van der Waals surface area contributed by atoms with Gasteiger partial charge in [-0.3, -0.25) is 9.09 Å². The first kappa shape index (κ1) is 9.62. The number of rotatable bonds is 4. The highest BCUT2D eigenvalue weighted by Crippen LogP contribution is 2.40. The van der Waals surface area contributed by atoms with Crippen molar-refractivity contribution in [2.45, 2.75) is 6.92 Å². The van der Waals surface area contributed by atoms with Crippen molar-refractivity contribution >= 4 is 13.6 Å². The predicted octanol–water partition coefficient (Wildman–Crippen LogP) is 0.293. The molecular formula is C4H9O5P. The van der Waals surface area contributed by atoms with Gasteiger partial charge in [0, 0.05) is 6.16 Å². The van der Waals surface area contributed by atoms with Crippen molar-refractivity contribution in [3.8, 4) is 0 Å². The van der Waals surface area contributed by atoms with Crippen molar-refractivity contribution in [1.82, 2.24) is 0 Å². The monoisotopic (exact) mass is 168 g/mol. The zero-order chi connectivity index (χ0) is 8.20. The van der Waals surface area contributed by atoms with Crippen molar-refractivity contribution in [3.63, 3.8) is 0 Å². The van der Waals surface area contributed by atoms with E-state index in [-0.39, 0.29) is 6.16 Å². The molecule has 10 heavy (non-hydrogen) atoms. The Labute approximate surface area is 58.2 Å². The van der Waals surface area contributed by atoms with Gasteiger partial charge in [0.1, 0.15) is 0 Å². The fourth-order valence-corrected chi connectivity index (χ4v) is 0.742. The van der Waals surface area contributed by atoms with E-state index in [0.717, 1.165) is 0 Å². The van der Waals surface area contributed by atoms with E-state index < -0.39 is 20.2 Å². The first-order valence-corrected chi connectivity index (χ1v) is 4.42. The van der Waals surface area contributed by atoms with Crippen molar-refractivity contribution in [2.24, 2.45) is 0 Å². The Kier molecular flexibility index (Phi) is 3.57. The average molecular weight is 168 g/mol. The smallest absolute Gasteiger partial charge is 0.330 e. The van der Waals surface area contributed by atoms with E-state index in [1.54, 1.807) is 0 Å². The fourth-order valence-electron chi connectivity index (χ4n) is 0.247. The Balaban J connectivity index is 3.68. The lowest BCUT2D eigenvalue weighted by Crippen LogP contribution is -2.05. The molecule has 1 unspecified atom stereocenters. The molecule has 0 aliphatic rings. The molecule has 6 heteroatoms.